The van der Waals surface area contributed by atoms with Crippen LogP contribution in [0.1, 0.15) is 43.4 Å². The third-order valence-electron chi connectivity index (χ3n) is 4.93. The van der Waals surface area contributed by atoms with Crippen molar-refractivity contribution in [2.24, 2.45) is 0 Å². The van der Waals surface area contributed by atoms with Crippen molar-refractivity contribution in [1.29, 1.82) is 0 Å². The minimum atomic E-state index is -0.693. The first-order valence-corrected chi connectivity index (χ1v) is 9.41. The summed E-state index contributed by atoms with van der Waals surface area (Å²) in [6, 6.07) is 9.79. The van der Waals surface area contributed by atoms with Crippen LogP contribution in [0.15, 0.2) is 54.4 Å². The van der Waals surface area contributed by atoms with E-state index in [1.165, 1.54) is 12.4 Å². The second-order valence-corrected chi connectivity index (χ2v) is 6.68. The number of unbranched alkanes of at least 4 members (excludes halogenated alkanes) is 2. The maximum atomic E-state index is 12.9. The molecule has 1 aromatic heterocycles. The summed E-state index contributed by atoms with van der Waals surface area (Å²) < 4.78 is 5.47. The number of ketones is 1. The predicted octanol–water partition coefficient (Wildman–Crippen LogP) is 3.70. The fraction of sp³-hybridized carbons (Fsp3) is 0.318. The summed E-state index contributed by atoms with van der Waals surface area (Å²) in [7, 11) is 1.55. The van der Waals surface area contributed by atoms with E-state index in [0.717, 1.165) is 19.3 Å². The number of carbonyl (C=O) groups is 2. The molecular weight excluding hydrogens is 356 g/mol. The van der Waals surface area contributed by atoms with E-state index in [-0.39, 0.29) is 11.3 Å². The largest absolute Gasteiger partial charge is 0.507 e. The molecule has 1 saturated heterocycles. The van der Waals surface area contributed by atoms with Crippen molar-refractivity contribution >= 4 is 17.4 Å². The molecule has 2 heterocycles. The Kier molecular flexibility index (Phi) is 6.09. The van der Waals surface area contributed by atoms with E-state index in [1.54, 1.807) is 30.2 Å². The summed E-state index contributed by atoms with van der Waals surface area (Å²) in [5.41, 5.74) is 1.20. The SMILES string of the molecule is CCCCCN1C(=O)C(=O)/C(=C(\O)c2ccncc2)C1c1ccccc1OC. The molecule has 0 saturated carbocycles. The van der Waals surface area contributed by atoms with Crippen LogP contribution in [-0.2, 0) is 9.59 Å². The maximum absolute atomic E-state index is 12.9. The van der Waals surface area contributed by atoms with Gasteiger partial charge >= 0.3 is 0 Å². The number of hydrogen-bond donors (Lipinski definition) is 1. The lowest BCUT2D eigenvalue weighted by Gasteiger charge is -2.26. The van der Waals surface area contributed by atoms with E-state index in [0.29, 0.717) is 23.4 Å². The fourth-order valence-corrected chi connectivity index (χ4v) is 3.52. The molecule has 6 nitrogen and oxygen atoms in total. The molecule has 6 heteroatoms. The van der Waals surface area contributed by atoms with Gasteiger partial charge in [0.15, 0.2) is 0 Å². The van der Waals surface area contributed by atoms with Gasteiger partial charge in [0.25, 0.3) is 11.7 Å². The lowest BCUT2D eigenvalue weighted by molar-refractivity contribution is -0.139. The van der Waals surface area contributed by atoms with Gasteiger partial charge in [-0.15, -0.1) is 0 Å². The van der Waals surface area contributed by atoms with Crippen LogP contribution in [0.2, 0.25) is 0 Å². The van der Waals surface area contributed by atoms with Crippen molar-refractivity contribution < 1.29 is 19.4 Å². The van der Waals surface area contributed by atoms with E-state index < -0.39 is 17.7 Å². The van der Waals surface area contributed by atoms with E-state index in [2.05, 4.69) is 11.9 Å². The van der Waals surface area contributed by atoms with Crippen molar-refractivity contribution in [2.75, 3.05) is 13.7 Å². The molecule has 1 atom stereocenters. The number of hydrogen-bond acceptors (Lipinski definition) is 5. The van der Waals surface area contributed by atoms with Crippen molar-refractivity contribution in [3.63, 3.8) is 0 Å². The number of aliphatic hydroxyl groups is 1. The van der Waals surface area contributed by atoms with Crippen LogP contribution in [0, 0.1) is 0 Å². The second kappa shape index (κ2) is 8.69. The van der Waals surface area contributed by atoms with Crippen molar-refractivity contribution in [3.8, 4) is 5.75 Å². The second-order valence-electron chi connectivity index (χ2n) is 6.68. The monoisotopic (exact) mass is 380 g/mol. The number of Topliss-reactive ketones (excluding diaryl/α,β-unsaturated/α-hetero) is 1. The van der Waals surface area contributed by atoms with Gasteiger partial charge in [-0.05, 0) is 24.6 Å². The normalized spacial score (nSPS) is 18.5. The summed E-state index contributed by atoms with van der Waals surface area (Å²) in [4.78, 5) is 31.2. The highest BCUT2D eigenvalue weighted by Gasteiger charge is 2.46. The average molecular weight is 380 g/mol. The van der Waals surface area contributed by atoms with Gasteiger partial charge in [0.2, 0.25) is 0 Å². The van der Waals surface area contributed by atoms with Gasteiger partial charge in [0.05, 0.1) is 18.7 Å². The number of likely N-dealkylation sites (tertiary alicyclic amines) is 1. The summed E-state index contributed by atoms with van der Waals surface area (Å²) >= 11 is 0. The van der Waals surface area contributed by atoms with Crippen LogP contribution < -0.4 is 4.74 Å². The molecule has 1 amide bonds. The van der Waals surface area contributed by atoms with Gasteiger partial charge in [-0.2, -0.15) is 0 Å². The molecule has 0 spiro atoms. The molecular formula is C22H24N2O4. The first-order chi connectivity index (χ1) is 13.6. The molecule has 3 rings (SSSR count). The van der Waals surface area contributed by atoms with Crippen LogP contribution in [-0.4, -0.2) is 40.3 Å². The van der Waals surface area contributed by atoms with Crippen LogP contribution in [0.25, 0.3) is 5.76 Å². The third-order valence-corrected chi connectivity index (χ3v) is 4.93. The van der Waals surface area contributed by atoms with Crippen molar-refractivity contribution in [1.82, 2.24) is 9.88 Å². The predicted molar refractivity (Wildman–Crippen MR) is 106 cm³/mol. The Morgan fingerprint density at radius 2 is 1.86 bits per heavy atom. The zero-order valence-electron chi connectivity index (χ0n) is 16.1. The van der Waals surface area contributed by atoms with Crippen LogP contribution >= 0.6 is 0 Å². The first-order valence-electron chi connectivity index (χ1n) is 9.41. The summed E-state index contributed by atoms with van der Waals surface area (Å²) in [5.74, 6) is -0.908. The van der Waals surface area contributed by atoms with Gasteiger partial charge in [0.1, 0.15) is 11.5 Å². The van der Waals surface area contributed by atoms with Gasteiger partial charge < -0.3 is 14.7 Å². The minimum absolute atomic E-state index is 0.0807. The van der Waals surface area contributed by atoms with Crippen LogP contribution in [0.5, 0.6) is 5.75 Å². The first kappa shape index (κ1) is 19.6. The zero-order chi connectivity index (χ0) is 20.1. The highest BCUT2D eigenvalue weighted by Crippen LogP contribution is 2.42. The van der Waals surface area contributed by atoms with Crippen molar-refractivity contribution in [3.05, 3.63) is 65.5 Å². The summed E-state index contributed by atoms with van der Waals surface area (Å²) in [6.07, 6.45) is 5.80. The van der Waals surface area contributed by atoms with E-state index in [9.17, 15) is 14.7 Å². The minimum Gasteiger partial charge on any atom is -0.507 e. The molecule has 1 aliphatic heterocycles. The Bertz CT molecular complexity index is 892. The number of aromatic nitrogens is 1. The topological polar surface area (TPSA) is 79.7 Å². The molecule has 146 valence electrons. The summed E-state index contributed by atoms with van der Waals surface area (Å²) in [6.45, 7) is 2.52. The number of methoxy groups -OCH3 is 1. The van der Waals surface area contributed by atoms with E-state index in [4.69, 9.17) is 4.74 Å². The molecule has 2 aromatic rings. The Hall–Kier alpha value is -3.15. The molecule has 0 bridgehead atoms. The number of rotatable bonds is 7. The molecule has 1 unspecified atom stereocenters. The molecule has 28 heavy (non-hydrogen) atoms. The lowest BCUT2D eigenvalue weighted by atomic mass is 9.94. The van der Waals surface area contributed by atoms with Gasteiger partial charge in [0, 0.05) is 30.1 Å². The Labute approximate surface area is 164 Å². The zero-order valence-corrected chi connectivity index (χ0v) is 16.1. The highest BCUT2D eigenvalue weighted by atomic mass is 16.5. The number of ether oxygens (including phenoxy) is 1. The average Bonchev–Trinajstić information content (AvgIpc) is 2.98. The fourth-order valence-electron chi connectivity index (χ4n) is 3.52. The molecule has 1 fully saturated rings. The Morgan fingerprint density at radius 3 is 2.54 bits per heavy atom. The highest BCUT2D eigenvalue weighted by molar-refractivity contribution is 6.46. The Morgan fingerprint density at radius 1 is 1.14 bits per heavy atom. The summed E-state index contributed by atoms with van der Waals surface area (Å²) in [5, 5.41) is 10.9. The quantitative estimate of drug-likeness (QED) is 0.343. The van der Waals surface area contributed by atoms with E-state index in [1.807, 2.05) is 18.2 Å². The number of aliphatic hydroxyl groups excluding tert-OH is 1. The van der Waals surface area contributed by atoms with E-state index >= 15 is 0 Å². The molecule has 0 aliphatic carbocycles. The molecule has 1 aliphatic rings. The number of pyridine rings is 1. The number of carbonyl (C=O) groups excluding carboxylic acids is 2. The number of amides is 1. The smallest absolute Gasteiger partial charge is 0.295 e. The number of para-hydroxylation sites is 1. The van der Waals surface area contributed by atoms with Crippen LogP contribution in [0.3, 0.4) is 0 Å². The molecule has 1 aromatic carbocycles. The van der Waals surface area contributed by atoms with Crippen molar-refractivity contribution in [2.45, 2.75) is 32.2 Å². The third kappa shape index (κ3) is 3.63. The Balaban J connectivity index is 2.16. The molecule has 0 radical (unpaired) electrons. The van der Waals surface area contributed by atoms with Crippen LogP contribution in [0.4, 0.5) is 0 Å². The van der Waals surface area contributed by atoms with Gasteiger partial charge in [-0.25, -0.2) is 0 Å². The standard InChI is InChI=1S/C22H24N2O4/c1-3-4-7-14-24-19(16-8-5-6-9-17(16)28-2)18(21(26)22(24)27)20(25)15-10-12-23-13-11-15/h5-6,8-13,19,25H,3-4,7,14H2,1-2H3/b20-18-. The number of nitrogens with zero attached hydrogens (tertiary/aromatic N) is 2. The van der Waals surface area contributed by atoms with Gasteiger partial charge in [-0.1, -0.05) is 38.0 Å². The maximum Gasteiger partial charge on any atom is 0.295 e. The van der Waals surface area contributed by atoms with Gasteiger partial charge in [-0.3, -0.25) is 14.6 Å². The molecule has 1 N–H and O–H groups in total. The lowest BCUT2D eigenvalue weighted by Crippen LogP contribution is -2.30. The number of benzene rings is 1.